The molecule has 0 saturated carbocycles. The molecule has 5 nitrogen and oxygen atoms in total. The molecule has 0 rings (SSSR count). The lowest BCUT2D eigenvalue weighted by Crippen LogP contribution is -2.01. The lowest BCUT2D eigenvalue weighted by atomic mass is 10.9. The van der Waals surface area contributed by atoms with Gasteiger partial charge in [0.05, 0.1) is 6.61 Å². The van der Waals surface area contributed by atoms with Gasteiger partial charge in [0, 0.05) is 0 Å². The van der Waals surface area contributed by atoms with Crippen LogP contribution in [0.3, 0.4) is 0 Å². The van der Waals surface area contributed by atoms with E-state index in [4.69, 9.17) is 9.45 Å². The van der Waals surface area contributed by atoms with E-state index in [-0.39, 0.29) is 6.61 Å². The van der Waals surface area contributed by atoms with Crippen molar-refractivity contribution in [1.82, 2.24) is 0 Å². The zero-order valence-electron chi connectivity index (χ0n) is 5.44. The van der Waals surface area contributed by atoms with Crippen molar-refractivity contribution in [3.05, 3.63) is 0 Å². The predicted molar refractivity (Wildman–Crippen MR) is 44.0 cm³/mol. The third-order valence-electron chi connectivity index (χ3n) is 0.267. The van der Waals surface area contributed by atoms with Crippen molar-refractivity contribution in [2.24, 2.45) is 0 Å². The summed E-state index contributed by atoms with van der Waals surface area (Å²) in [7, 11) is -4.17. The van der Waals surface area contributed by atoms with Crippen molar-refractivity contribution < 1.29 is 22.0 Å². The Hall–Kier alpha value is 0.840. The van der Waals surface area contributed by atoms with Gasteiger partial charge in [-0.05, 0) is 29.4 Å². The van der Waals surface area contributed by atoms with E-state index >= 15 is 0 Å². The molecule has 0 heterocycles. The average Bonchev–Trinajstić information content (AvgIpc) is 1.58. The Bertz CT molecular complexity index is 165. The summed E-state index contributed by atoms with van der Waals surface area (Å²) in [6.45, 7) is -0.239. The topological polar surface area (TPSA) is 83.8 Å². The monoisotopic (exact) mass is 244 g/mol. The van der Waals surface area contributed by atoms with Gasteiger partial charge in [-0.25, -0.2) is 4.18 Å². The summed E-state index contributed by atoms with van der Waals surface area (Å²) in [5, 5.41) is 0. The highest BCUT2D eigenvalue weighted by Gasteiger charge is 1.98. The maximum Gasteiger partial charge on any atom is 0.397 e. The van der Waals surface area contributed by atoms with Crippen molar-refractivity contribution in [2.75, 3.05) is 6.61 Å². The Morgan fingerprint density at radius 2 is 1.82 bits per heavy atom. The Kier molecular flexibility index (Phi) is 9.78. The molecule has 0 amide bonds. The van der Waals surface area contributed by atoms with Crippen LogP contribution in [-0.4, -0.2) is 24.5 Å². The molecule has 0 aliphatic heterocycles. The second-order valence-electron chi connectivity index (χ2n) is 1.05. The summed E-state index contributed by atoms with van der Waals surface area (Å²) in [6, 6.07) is 0. The van der Waals surface area contributed by atoms with Gasteiger partial charge in [0.15, 0.2) is 0 Å². The number of hydrogen-bond acceptors (Lipinski definition) is 4. The molecule has 0 bridgehead atoms. The molecule has 0 unspecified atom stereocenters. The van der Waals surface area contributed by atoms with Gasteiger partial charge in [-0.1, -0.05) is 0 Å². The second kappa shape index (κ2) is 7.49. The van der Waals surface area contributed by atoms with Gasteiger partial charge in [0.2, 0.25) is 6.85 Å². The maximum absolute atomic E-state index is 9.56. The Balaban J connectivity index is 0. The molecule has 9 heteroatoms. The van der Waals surface area contributed by atoms with Crippen LogP contribution >= 0.6 is 29.3 Å². The van der Waals surface area contributed by atoms with E-state index in [2.05, 4.69) is 26.7 Å². The fourth-order valence-corrected chi connectivity index (χ4v) is 0.447. The quantitative estimate of drug-likeness (QED) is 0.569. The highest BCUT2D eigenvalue weighted by Crippen LogP contribution is 2.40. The van der Waals surface area contributed by atoms with E-state index in [0.29, 0.717) is 0 Å². The summed E-state index contributed by atoms with van der Waals surface area (Å²) in [5.41, 5.74) is 0. The predicted octanol–water partition coefficient (Wildman–Crippen LogP) is 1.51. The lowest BCUT2D eigenvalue weighted by molar-refractivity contribution is 0.283. The van der Waals surface area contributed by atoms with Gasteiger partial charge < -0.3 is 4.89 Å². The molecule has 0 aromatic rings. The van der Waals surface area contributed by atoms with Crippen LogP contribution in [0.1, 0.15) is 6.92 Å². The van der Waals surface area contributed by atoms with Gasteiger partial charge >= 0.3 is 10.4 Å². The third kappa shape index (κ3) is 36.2. The Labute approximate surface area is 75.6 Å². The molecule has 11 heavy (non-hydrogen) atoms. The fourth-order valence-electron chi connectivity index (χ4n) is 0.149. The number of rotatable bonds is 2. The van der Waals surface area contributed by atoms with Gasteiger partial charge in [0.1, 0.15) is 0 Å². The highest BCUT2D eigenvalue weighted by molar-refractivity contribution is 7.99. The van der Waals surface area contributed by atoms with Crippen LogP contribution < -0.4 is 0 Å². The minimum atomic E-state index is -4.17. The SMILES string of the molecule is CCOS(=O)(=O)O.OP(Cl)Cl. The van der Waals surface area contributed by atoms with Crippen LogP contribution in [0.15, 0.2) is 0 Å². The molecule has 2 N–H and O–H groups in total. The van der Waals surface area contributed by atoms with Gasteiger partial charge in [0.25, 0.3) is 0 Å². The van der Waals surface area contributed by atoms with Crippen LogP contribution in [0.25, 0.3) is 0 Å². The average molecular weight is 245 g/mol. The molecule has 0 spiro atoms. The first-order valence-corrected chi connectivity index (χ1v) is 6.69. The second-order valence-corrected chi connectivity index (χ2v) is 5.01. The molecule has 0 saturated heterocycles. The summed E-state index contributed by atoms with van der Waals surface area (Å²) in [6.07, 6.45) is 0. The highest BCUT2D eigenvalue weighted by atomic mass is 35.9. The van der Waals surface area contributed by atoms with E-state index in [9.17, 15) is 8.42 Å². The normalized spacial score (nSPS) is 10.7. The number of halogens is 2. The van der Waals surface area contributed by atoms with Crippen molar-refractivity contribution in [1.29, 1.82) is 0 Å². The zero-order valence-corrected chi connectivity index (χ0v) is 8.66. The van der Waals surface area contributed by atoms with Crippen molar-refractivity contribution >= 4 is 39.7 Å². The van der Waals surface area contributed by atoms with Gasteiger partial charge in [-0.15, -0.1) is 0 Å². The first-order chi connectivity index (χ1) is 4.79. The standard InChI is InChI=1S/C2H6O4S.Cl2HOP/c1-2-6-7(3,4)5;1-4(2)3/h2H2,1H3,(H,3,4,5);3H. The van der Waals surface area contributed by atoms with E-state index in [1.54, 1.807) is 0 Å². The summed E-state index contributed by atoms with van der Waals surface area (Å²) < 4.78 is 30.7. The van der Waals surface area contributed by atoms with E-state index in [1.807, 2.05) is 0 Å². The van der Waals surface area contributed by atoms with Gasteiger partial charge in [-0.2, -0.15) is 8.42 Å². The zero-order chi connectivity index (χ0) is 9.49. The minimum absolute atomic E-state index is 0.0289. The first-order valence-electron chi connectivity index (χ1n) is 2.22. The van der Waals surface area contributed by atoms with E-state index in [0.717, 1.165) is 0 Å². The molecule has 0 atom stereocenters. The molecular formula is C2H7Cl2O5PS. The minimum Gasteiger partial charge on any atom is -0.347 e. The molecule has 0 aromatic carbocycles. The van der Waals surface area contributed by atoms with E-state index in [1.165, 1.54) is 6.92 Å². The molecular weight excluding hydrogens is 238 g/mol. The fraction of sp³-hybridized carbons (Fsp3) is 1.00. The summed E-state index contributed by atoms with van der Waals surface area (Å²) in [5.74, 6) is 0. The number of hydrogen-bond donors (Lipinski definition) is 2. The molecule has 70 valence electrons. The Morgan fingerprint density at radius 1 is 1.55 bits per heavy atom. The first kappa shape index (κ1) is 14.4. The van der Waals surface area contributed by atoms with Crippen molar-refractivity contribution in [3.63, 3.8) is 0 Å². The van der Waals surface area contributed by atoms with Crippen molar-refractivity contribution in [2.45, 2.75) is 6.92 Å². The molecule has 0 aliphatic rings. The Morgan fingerprint density at radius 3 is 1.82 bits per heavy atom. The van der Waals surface area contributed by atoms with Crippen LogP contribution in [0, 0.1) is 0 Å². The van der Waals surface area contributed by atoms with Crippen LogP contribution in [0.5, 0.6) is 0 Å². The van der Waals surface area contributed by atoms with Gasteiger partial charge in [-0.3, -0.25) is 4.55 Å². The molecule has 0 radical (unpaired) electrons. The van der Waals surface area contributed by atoms with Crippen LogP contribution in [0.4, 0.5) is 0 Å². The summed E-state index contributed by atoms with van der Waals surface area (Å²) in [4.78, 5) is 7.65. The smallest absolute Gasteiger partial charge is 0.347 e. The largest absolute Gasteiger partial charge is 0.397 e. The van der Waals surface area contributed by atoms with E-state index < -0.39 is 17.3 Å². The lowest BCUT2D eigenvalue weighted by Gasteiger charge is -1.88. The maximum atomic E-state index is 9.56. The summed E-state index contributed by atoms with van der Waals surface area (Å²) >= 11 is 9.32. The molecule has 0 aliphatic carbocycles. The van der Waals surface area contributed by atoms with Crippen LogP contribution in [-0.2, 0) is 14.6 Å². The van der Waals surface area contributed by atoms with Crippen molar-refractivity contribution in [3.8, 4) is 0 Å². The van der Waals surface area contributed by atoms with Crippen LogP contribution in [0.2, 0.25) is 0 Å². The molecule has 0 fully saturated rings. The third-order valence-corrected chi connectivity index (χ3v) is 0.800. The molecule has 0 aromatic heterocycles.